The number of nitrogens with zero attached hydrogens (tertiary/aromatic N) is 1. The van der Waals surface area contributed by atoms with Gasteiger partial charge in [-0.25, -0.2) is 9.78 Å². The van der Waals surface area contributed by atoms with Gasteiger partial charge in [0.2, 0.25) is 0 Å². The van der Waals surface area contributed by atoms with Crippen molar-refractivity contribution in [3.63, 3.8) is 0 Å². The molecular weight excluding hydrogens is 292 g/mol. The van der Waals surface area contributed by atoms with Crippen molar-refractivity contribution in [1.29, 1.82) is 0 Å². The molecular formula is C13H22N4O3S. The summed E-state index contributed by atoms with van der Waals surface area (Å²) in [4.78, 5) is 26.5. The van der Waals surface area contributed by atoms with E-state index in [9.17, 15) is 9.59 Å². The maximum absolute atomic E-state index is 11.6. The van der Waals surface area contributed by atoms with Gasteiger partial charge in [0.05, 0.1) is 0 Å². The molecule has 0 saturated heterocycles. The third kappa shape index (κ3) is 6.94. The van der Waals surface area contributed by atoms with Gasteiger partial charge >= 0.3 is 6.09 Å². The van der Waals surface area contributed by atoms with Crippen molar-refractivity contribution < 1.29 is 14.3 Å². The molecule has 0 aliphatic carbocycles. The third-order valence-electron chi connectivity index (χ3n) is 2.37. The maximum Gasteiger partial charge on any atom is 0.407 e. The van der Waals surface area contributed by atoms with Crippen molar-refractivity contribution in [1.82, 2.24) is 10.3 Å². The Hall–Kier alpha value is -1.83. The van der Waals surface area contributed by atoms with Gasteiger partial charge in [-0.05, 0) is 34.1 Å². The first-order valence-corrected chi connectivity index (χ1v) is 7.54. The molecule has 1 rings (SSSR count). The number of carbonyl (C=O) groups excluding carboxylic acids is 2. The lowest BCUT2D eigenvalue weighted by Crippen LogP contribution is -2.38. The molecule has 0 aliphatic rings. The third-order valence-corrected chi connectivity index (χ3v) is 3.17. The highest BCUT2D eigenvalue weighted by atomic mass is 32.1. The molecule has 2 amide bonds. The quantitative estimate of drug-likeness (QED) is 0.744. The van der Waals surface area contributed by atoms with E-state index in [-0.39, 0.29) is 11.7 Å². The molecule has 1 heterocycles. The average molecular weight is 314 g/mol. The molecule has 0 fully saturated rings. The lowest BCUT2D eigenvalue weighted by atomic mass is 10.2. The highest BCUT2D eigenvalue weighted by Crippen LogP contribution is 2.15. The van der Waals surface area contributed by atoms with Gasteiger partial charge in [0.25, 0.3) is 5.91 Å². The Kier molecular flexibility index (Phi) is 5.95. The first-order chi connectivity index (χ1) is 9.67. The standard InChI is InChI=1S/C13H22N4O3S/c1-8(16-12(19)20-13(2,3)4)5-6-15-11-17-9(7-21-11)10(14)18/h7-8H,5-6H2,1-4H3,(H2,14,18)(H,15,17)(H,16,19)/t8-/m1/s1. The number of nitrogens with one attached hydrogen (secondary N) is 2. The zero-order valence-corrected chi connectivity index (χ0v) is 13.5. The minimum absolute atomic E-state index is 0.0390. The molecule has 0 spiro atoms. The van der Waals surface area contributed by atoms with E-state index in [2.05, 4.69) is 15.6 Å². The fourth-order valence-corrected chi connectivity index (χ4v) is 2.17. The summed E-state index contributed by atoms with van der Waals surface area (Å²) in [7, 11) is 0. The first-order valence-electron chi connectivity index (χ1n) is 6.66. The van der Waals surface area contributed by atoms with Crippen LogP contribution in [-0.4, -0.2) is 35.2 Å². The number of amides is 2. The molecule has 21 heavy (non-hydrogen) atoms. The lowest BCUT2D eigenvalue weighted by Gasteiger charge is -2.22. The van der Waals surface area contributed by atoms with Crippen molar-refractivity contribution in [3.05, 3.63) is 11.1 Å². The molecule has 0 unspecified atom stereocenters. The molecule has 0 aliphatic heterocycles. The molecule has 1 aromatic heterocycles. The summed E-state index contributed by atoms with van der Waals surface area (Å²) >= 11 is 1.32. The van der Waals surface area contributed by atoms with E-state index in [4.69, 9.17) is 10.5 Å². The summed E-state index contributed by atoms with van der Waals surface area (Å²) in [5.74, 6) is -0.542. The van der Waals surface area contributed by atoms with Crippen molar-refractivity contribution in [3.8, 4) is 0 Å². The molecule has 1 aromatic rings. The number of ether oxygens (including phenoxy) is 1. The van der Waals surface area contributed by atoms with Gasteiger partial charge in [-0.1, -0.05) is 0 Å². The van der Waals surface area contributed by atoms with Crippen LogP contribution in [0.25, 0.3) is 0 Å². The minimum Gasteiger partial charge on any atom is -0.444 e. The van der Waals surface area contributed by atoms with Crippen LogP contribution in [0.15, 0.2) is 5.38 Å². The van der Waals surface area contributed by atoms with E-state index in [1.165, 1.54) is 11.3 Å². The number of nitrogens with two attached hydrogens (primary N) is 1. The fourth-order valence-electron chi connectivity index (χ4n) is 1.44. The van der Waals surface area contributed by atoms with Crippen LogP contribution < -0.4 is 16.4 Å². The van der Waals surface area contributed by atoms with Crippen LogP contribution in [0, 0.1) is 0 Å². The van der Waals surface area contributed by atoms with E-state index in [1.54, 1.807) is 5.38 Å². The molecule has 4 N–H and O–H groups in total. The number of carbonyl (C=O) groups is 2. The van der Waals surface area contributed by atoms with Crippen molar-refractivity contribution >= 4 is 28.5 Å². The van der Waals surface area contributed by atoms with Crippen LogP contribution in [0.2, 0.25) is 0 Å². The first kappa shape index (κ1) is 17.2. The lowest BCUT2D eigenvalue weighted by molar-refractivity contribution is 0.0507. The Bertz CT molecular complexity index is 496. The zero-order chi connectivity index (χ0) is 16.0. The van der Waals surface area contributed by atoms with Gasteiger partial charge in [0.15, 0.2) is 5.13 Å². The molecule has 0 bridgehead atoms. The summed E-state index contributed by atoms with van der Waals surface area (Å²) in [5, 5.41) is 8.07. The highest BCUT2D eigenvalue weighted by molar-refractivity contribution is 7.13. The van der Waals surface area contributed by atoms with Gasteiger partial charge in [-0.3, -0.25) is 4.79 Å². The number of primary amides is 1. The topological polar surface area (TPSA) is 106 Å². The number of hydrogen-bond acceptors (Lipinski definition) is 6. The predicted octanol–water partition coefficient (Wildman–Crippen LogP) is 1.96. The van der Waals surface area contributed by atoms with E-state index in [0.29, 0.717) is 18.1 Å². The van der Waals surface area contributed by atoms with E-state index < -0.39 is 17.6 Å². The minimum atomic E-state index is -0.542. The summed E-state index contributed by atoms with van der Waals surface area (Å²) in [6, 6.07) is -0.0390. The van der Waals surface area contributed by atoms with Crippen LogP contribution in [0.3, 0.4) is 0 Å². The maximum atomic E-state index is 11.6. The molecule has 0 saturated carbocycles. The summed E-state index contributed by atoms with van der Waals surface area (Å²) in [6.07, 6.45) is 0.269. The molecule has 118 valence electrons. The van der Waals surface area contributed by atoms with Crippen LogP contribution in [-0.2, 0) is 4.74 Å². The fraction of sp³-hybridized carbons (Fsp3) is 0.615. The van der Waals surface area contributed by atoms with Crippen LogP contribution in [0.1, 0.15) is 44.6 Å². The largest absolute Gasteiger partial charge is 0.444 e. The van der Waals surface area contributed by atoms with Gasteiger partial charge in [-0.15, -0.1) is 11.3 Å². The van der Waals surface area contributed by atoms with Gasteiger partial charge < -0.3 is 21.1 Å². The Morgan fingerprint density at radius 3 is 2.67 bits per heavy atom. The second-order valence-corrected chi connectivity index (χ2v) is 6.52. The van der Waals surface area contributed by atoms with Crippen molar-refractivity contribution in [2.45, 2.75) is 45.8 Å². The van der Waals surface area contributed by atoms with Gasteiger partial charge in [-0.2, -0.15) is 0 Å². The van der Waals surface area contributed by atoms with Crippen LogP contribution >= 0.6 is 11.3 Å². The molecule has 0 radical (unpaired) electrons. The average Bonchev–Trinajstić information content (AvgIpc) is 2.74. The normalized spacial score (nSPS) is 12.6. The molecule has 0 aromatic carbocycles. The number of thiazole rings is 1. The number of alkyl carbamates (subject to hydrolysis) is 1. The number of rotatable bonds is 6. The van der Waals surface area contributed by atoms with E-state index >= 15 is 0 Å². The Labute approximate surface area is 128 Å². The van der Waals surface area contributed by atoms with Crippen LogP contribution in [0.5, 0.6) is 0 Å². The Balaban J connectivity index is 2.28. The Morgan fingerprint density at radius 1 is 1.48 bits per heavy atom. The number of aromatic nitrogens is 1. The second-order valence-electron chi connectivity index (χ2n) is 5.66. The predicted molar refractivity (Wildman–Crippen MR) is 82.6 cm³/mol. The SMILES string of the molecule is C[C@H](CCNc1nc(C(N)=O)cs1)NC(=O)OC(C)(C)C. The molecule has 1 atom stereocenters. The monoisotopic (exact) mass is 314 g/mol. The van der Waals surface area contributed by atoms with Crippen LogP contribution in [0.4, 0.5) is 9.93 Å². The van der Waals surface area contributed by atoms with Crippen molar-refractivity contribution in [2.75, 3.05) is 11.9 Å². The summed E-state index contributed by atoms with van der Waals surface area (Å²) in [5.41, 5.74) is 4.87. The summed E-state index contributed by atoms with van der Waals surface area (Å²) in [6.45, 7) is 7.96. The highest BCUT2D eigenvalue weighted by Gasteiger charge is 2.17. The smallest absolute Gasteiger partial charge is 0.407 e. The van der Waals surface area contributed by atoms with Gasteiger partial charge in [0.1, 0.15) is 11.3 Å². The van der Waals surface area contributed by atoms with E-state index in [0.717, 1.165) is 0 Å². The van der Waals surface area contributed by atoms with Crippen molar-refractivity contribution in [2.24, 2.45) is 5.73 Å². The van der Waals surface area contributed by atoms with Gasteiger partial charge in [0, 0.05) is 18.0 Å². The second kappa shape index (κ2) is 7.26. The van der Waals surface area contributed by atoms with E-state index in [1.807, 2.05) is 27.7 Å². The summed E-state index contributed by atoms with van der Waals surface area (Å²) < 4.78 is 5.17. The number of anilines is 1. The zero-order valence-electron chi connectivity index (χ0n) is 12.7. The Morgan fingerprint density at radius 2 is 2.14 bits per heavy atom. The molecule has 8 heteroatoms. The molecule has 7 nitrogen and oxygen atoms in total. The number of hydrogen-bond donors (Lipinski definition) is 3.